The summed E-state index contributed by atoms with van der Waals surface area (Å²) in [7, 11) is -4.26. The van der Waals surface area contributed by atoms with Gasteiger partial charge in [0.15, 0.2) is 21.3 Å². The van der Waals surface area contributed by atoms with Gasteiger partial charge < -0.3 is 13.9 Å². The van der Waals surface area contributed by atoms with Crippen LogP contribution in [0.25, 0.3) is 0 Å². The van der Waals surface area contributed by atoms with Crippen LogP contribution in [0.3, 0.4) is 0 Å². The van der Waals surface area contributed by atoms with Gasteiger partial charge in [-0.05, 0) is 37.1 Å². The van der Waals surface area contributed by atoms with Crippen LogP contribution in [0.2, 0.25) is 0 Å². The Bertz CT molecular complexity index is 1010. The molecule has 2 aromatic rings. The van der Waals surface area contributed by atoms with Crippen LogP contribution in [0.1, 0.15) is 18.6 Å². The lowest BCUT2D eigenvalue weighted by molar-refractivity contribution is 0.342. The zero-order valence-electron chi connectivity index (χ0n) is 15.7. The van der Waals surface area contributed by atoms with Crippen LogP contribution in [-0.2, 0) is 25.6 Å². The van der Waals surface area contributed by atoms with E-state index in [9.17, 15) is 16.8 Å². The normalized spacial score (nSPS) is 16.8. The molecule has 28 heavy (non-hydrogen) atoms. The molecule has 1 fully saturated rings. The minimum Gasteiger partial charge on any atom is -0.493 e. The number of rotatable bonds is 7. The minimum absolute atomic E-state index is 0.0852. The molecule has 0 bridgehead atoms. The van der Waals surface area contributed by atoms with Crippen molar-refractivity contribution >= 4 is 19.9 Å². The van der Waals surface area contributed by atoms with Crippen LogP contribution in [-0.4, -0.2) is 53.7 Å². The minimum atomic E-state index is -3.75. The molecule has 1 aromatic heterocycles. The molecule has 0 unspecified atom stereocenters. The fourth-order valence-corrected chi connectivity index (χ4v) is 6.48. The van der Waals surface area contributed by atoms with Crippen molar-refractivity contribution < 1.29 is 30.7 Å². The van der Waals surface area contributed by atoms with Crippen molar-refractivity contribution in [2.24, 2.45) is 0 Å². The highest BCUT2D eigenvalue weighted by molar-refractivity contribution is 7.91. The Morgan fingerprint density at radius 1 is 1.04 bits per heavy atom. The van der Waals surface area contributed by atoms with Crippen molar-refractivity contribution in [2.45, 2.75) is 28.7 Å². The first-order valence-electron chi connectivity index (χ1n) is 8.74. The van der Waals surface area contributed by atoms with E-state index in [2.05, 4.69) is 0 Å². The summed E-state index contributed by atoms with van der Waals surface area (Å²) in [6, 6.07) is 7.66. The standard InChI is InChI=1S/C18H23NO7S2/c1-24-17-6-5-16(12-18(17)25-2)28(22,23)19-9-7-15(8-10-19)27(20,21)13-14-4-3-11-26-14/h3-6,11-12,15H,7-10,13H2,1-2H3. The quantitative estimate of drug-likeness (QED) is 0.664. The number of nitrogens with zero attached hydrogens (tertiary/aromatic N) is 1. The molecule has 0 atom stereocenters. The molecule has 1 saturated heterocycles. The Kier molecular flexibility index (Phi) is 6.01. The van der Waals surface area contributed by atoms with E-state index in [0.29, 0.717) is 17.3 Å². The first-order valence-corrected chi connectivity index (χ1v) is 11.9. The zero-order valence-corrected chi connectivity index (χ0v) is 17.3. The maximum Gasteiger partial charge on any atom is 0.243 e. The summed E-state index contributed by atoms with van der Waals surface area (Å²) in [6.07, 6.45) is 1.92. The number of sulfonamides is 1. The molecule has 10 heteroatoms. The van der Waals surface area contributed by atoms with Gasteiger partial charge in [0.2, 0.25) is 10.0 Å². The molecule has 0 saturated carbocycles. The molecule has 8 nitrogen and oxygen atoms in total. The fraction of sp³-hybridized carbons (Fsp3) is 0.444. The number of benzene rings is 1. The Hall–Kier alpha value is -2.04. The molecule has 3 rings (SSSR count). The molecule has 0 radical (unpaired) electrons. The second kappa shape index (κ2) is 8.14. The summed E-state index contributed by atoms with van der Waals surface area (Å²) < 4.78 is 67.8. The van der Waals surface area contributed by atoms with E-state index in [4.69, 9.17) is 13.9 Å². The highest BCUT2D eigenvalue weighted by Gasteiger charge is 2.35. The topological polar surface area (TPSA) is 103 Å². The fourth-order valence-electron chi connectivity index (χ4n) is 3.27. The van der Waals surface area contributed by atoms with Crippen LogP contribution < -0.4 is 9.47 Å². The molecule has 154 valence electrons. The van der Waals surface area contributed by atoms with Crippen molar-refractivity contribution in [2.75, 3.05) is 27.3 Å². The maximum atomic E-state index is 12.9. The molecule has 1 aliphatic rings. The maximum absolute atomic E-state index is 12.9. The van der Waals surface area contributed by atoms with E-state index >= 15 is 0 Å². The van der Waals surface area contributed by atoms with Crippen molar-refractivity contribution in [3.05, 3.63) is 42.4 Å². The number of hydrogen-bond acceptors (Lipinski definition) is 7. The number of methoxy groups -OCH3 is 2. The van der Waals surface area contributed by atoms with Gasteiger partial charge >= 0.3 is 0 Å². The third kappa shape index (κ3) is 4.18. The lowest BCUT2D eigenvalue weighted by Gasteiger charge is -2.31. The molecular formula is C18H23NO7S2. The van der Waals surface area contributed by atoms with Crippen LogP contribution in [0.4, 0.5) is 0 Å². The summed E-state index contributed by atoms with van der Waals surface area (Å²) >= 11 is 0. The van der Waals surface area contributed by atoms with Gasteiger partial charge in [-0.25, -0.2) is 16.8 Å². The summed E-state index contributed by atoms with van der Waals surface area (Å²) in [5, 5.41) is -0.588. The van der Waals surface area contributed by atoms with Crippen LogP contribution in [0, 0.1) is 0 Å². The van der Waals surface area contributed by atoms with E-state index in [1.54, 1.807) is 12.1 Å². The van der Waals surface area contributed by atoms with Gasteiger partial charge in [0.1, 0.15) is 11.5 Å². The smallest absolute Gasteiger partial charge is 0.243 e. The molecule has 0 spiro atoms. The Morgan fingerprint density at radius 3 is 2.29 bits per heavy atom. The lowest BCUT2D eigenvalue weighted by Crippen LogP contribution is -2.42. The Balaban J connectivity index is 1.71. The van der Waals surface area contributed by atoms with E-state index in [0.717, 1.165) is 0 Å². The van der Waals surface area contributed by atoms with E-state index in [-0.39, 0.29) is 36.6 Å². The predicted octanol–water partition coefficient (Wildman–Crippen LogP) is 2.06. The average molecular weight is 430 g/mol. The molecule has 0 aliphatic carbocycles. The predicted molar refractivity (Wildman–Crippen MR) is 103 cm³/mol. The van der Waals surface area contributed by atoms with Crippen molar-refractivity contribution in [1.82, 2.24) is 4.31 Å². The summed E-state index contributed by atoms with van der Waals surface area (Å²) in [4.78, 5) is 0.0852. The van der Waals surface area contributed by atoms with Gasteiger partial charge in [0.05, 0.1) is 30.6 Å². The second-order valence-electron chi connectivity index (χ2n) is 6.51. The van der Waals surface area contributed by atoms with Gasteiger partial charge in [-0.1, -0.05) is 0 Å². The van der Waals surface area contributed by atoms with Crippen LogP contribution in [0.5, 0.6) is 11.5 Å². The molecule has 0 N–H and O–H groups in total. The molecule has 1 aliphatic heterocycles. The molecule has 0 amide bonds. The highest BCUT2D eigenvalue weighted by Crippen LogP contribution is 2.32. The number of hydrogen-bond donors (Lipinski definition) is 0. The van der Waals surface area contributed by atoms with E-state index in [1.807, 2.05) is 0 Å². The third-order valence-corrected chi connectivity index (χ3v) is 8.89. The van der Waals surface area contributed by atoms with Gasteiger partial charge in [-0.15, -0.1) is 0 Å². The van der Waals surface area contributed by atoms with Crippen molar-refractivity contribution in [1.29, 1.82) is 0 Å². The second-order valence-corrected chi connectivity index (χ2v) is 10.7. The highest BCUT2D eigenvalue weighted by atomic mass is 32.2. The molecule has 2 heterocycles. The summed E-state index contributed by atoms with van der Waals surface area (Å²) in [5.74, 6) is 0.969. The number of furan rings is 1. The average Bonchev–Trinajstić information content (AvgIpc) is 3.19. The monoisotopic (exact) mass is 429 g/mol. The van der Waals surface area contributed by atoms with E-state index < -0.39 is 25.1 Å². The Labute approximate surface area is 165 Å². The Morgan fingerprint density at radius 2 is 1.71 bits per heavy atom. The number of piperidine rings is 1. The van der Waals surface area contributed by atoms with Gasteiger partial charge in [0.25, 0.3) is 0 Å². The third-order valence-electron chi connectivity index (χ3n) is 4.83. The van der Waals surface area contributed by atoms with E-state index in [1.165, 1.54) is 43.0 Å². The molecule has 1 aromatic carbocycles. The van der Waals surface area contributed by atoms with Gasteiger partial charge in [-0.3, -0.25) is 0 Å². The summed E-state index contributed by atoms with van der Waals surface area (Å²) in [5.41, 5.74) is 0. The largest absolute Gasteiger partial charge is 0.493 e. The van der Waals surface area contributed by atoms with Crippen molar-refractivity contribution in [3.63, 3.8) is 0 Å². The number of sulfone groups is 1. The van der Waals surface area contributed by atoms with Gasteiger partial charge in [-0.2, -0.15) is 4.31 Å². The molecular weight excluding hydrogens is 406 g/mol. The number of ether oxygens (including phenoxy) is 2. The first-order chi connectivity index (χ1) is 13.3. The lowest BCUT2D eigenvalue weighted by atomic mass is 10.2. The van der Waals surface area contributed by atoms with Crippen LogP contribution in [0.15, 0.2) is 45.9 Å². The van der Waals surface area contributed by atoms with Gasteiger partial charge in [0, 0.05) is 19.2 Å². The van der Waals surface area contributed by atoms with Crippen molar-refractivity contribution in [3.8, 4) is 11.5 Å². The SMILES string of the molecule is COc1ccc(S(=O)(=O)N2CCC(S(=O)(=O)Cc3ccco3)CC2)cc1OC. The van der Waals surface area contributed by atoms with Crippen LogP contribution >= 0.6 is 0 Å². The first kappa shape index (κ1) is 20.7. The zero-order chi connectivity index (χ0) is 20.4. The summed E-state index contributed by atoms with van der Waals surface area (Å²) in [6.45, 7) is 0.275.